The number of hydrogen-bond acceptors (Lipinski definition) is 3. The average molecular weight is 421 g/mol. The molecule has 0 spiro atoms. The summed E-state index contributed by atoms with van der Waals surface area (Å²) in [5.74, 6) is 1.62. The quantitative estimate of drug-likeness (QED) is 0.564. The number of benzene rings is 1. The second-order valence-electron chi connectivity index (χ2n) is 7.98. The smallest absolute Gasteiger partial charge is 0.276 e. The van der Waals surface area contributed by atoms with Crippen molar-refractivity contribution in [1.82, 2.24) is 9.55 Å². The number of anilines is 2. The van der Waals surface area contributed by atoms with E-state index in [1.807, 2.05) is 69.0 Å². The zero-order valence-electron chi connectivity index (χ0n) is 19.9. The molecular formula is C26H36N4O. The van der Waals surface area contributed by atoms with Crippen LogP contribution < -0.4 is 10.2 Å². The van der Waals surface area contributed by atoms with Crippen LogP contribution in [0.3, 0.4) is 0 Å². The van der Waals surface area contributed by atoms with Crippen LogP contribution in [0.1, 0.15) is 50.7 Å². The van der Waals surface area contributed by atoms with Crippen LogP contribution in [0.2, 0.25) is 0 Å². The molecule has 0 fully saturated rings. The van der Waals surface area contributed by atoms with Crippen LogP contribution in [0.15, 0.2) is 54.9 Å². The summed E-state index contributed by atoms with van der Waals surface area (Å²) < 4.78 is 1.89. The van der Waals surface area contributed by atoms with E-state index in [9.17, 15) is 4.79 Å². The summed E-state index contributed by atoms with van der Waals surface area (Å²) in [7, 11) is 3.81. The van der Waals surface area contributed by atoms with E-state index in [1.54, 1.807) is 11.1 Å². The highest BCUT2D eigenvalue weighted by atomic mass is 16.2. The van der Waals surface area contributed by atoms with Gasteiger partial charge in [0.15, 0.2) is 0 Å². The standard InChI is InChI=1S/C20H20N4O.C4H10.C2H6/c1-21-17-7-5-14(6-8-17)16-12-18(23(2)13-16)20(25)24-11-9-15-4-3-10-22-19(15)24;1-4(2)3;1-2/h3-8,10,12-13,21H,9,11H2,1-2H3;4H,1-3H3;1-2H3. The molecule has 1 aliphatic heterocycles. The number of aryl methyl sites for hydroxylation is 1. The summed E-state index contributed by atoms with van der Waals surface area (Å²) in [4.78, 5) is 19.2. The van der Waals surface area contributed by atoms with E-state index >= 15 is 0 Å². The molecule has 0 atom stereocenters. The third kappa shape index (κ3) is 5.97. The maximum absolute atomic E-state index is 13.0. The van der Waals surface area contributed by atoms with Crippen LogP contribution >= 0.6 is 0 Å². The molecule has 0 aliphatic carbocycles. The van der Waals surface area contributed by atoms with Crippen LogP contribution in [-0.4, -0.2) is 29.1 Å². The van der Waals surface area contributed by atoms with Gasteiger partial charge in [0.1, 0.15) is 11.5 Å². The minimum Gasteiger partial charge on any atom is -0.388 e. The molecule has 3 heterocycles. The monoisotopic (exact) mass is 420 g/mol. The fourth-order valence-corrected chi connectivity index (χ4v) is 3.31. The van der Waals surface area contributed by atoms with Crippen LogP contribution in [0.5, 0.6) is 0 Å². The highest BCUT2D eigenvalue weighted by molar-refractivity contribution is 6.06. The molecule has 0 saturated heterocycles. The minimum atomic E-state index is -0.00181. The van der Waals surface area contributed by atoms with Gasteiger partial charge in [-0.2, -0.15) is 0 Å². The molecule has 5 nitrogen and oxygen atoms in total. The fraction of sp³-hybridized carbons (Fsp3) is 0.385. The number of hydrogen-bond donors (Lipinski definition) is 1. The Kier molecular flexibility index (Phi) is 8.86. The van der Waals surface area contributed by atoms with Crippen LogP contribution in [-0.2, 0) is 13.5 Å². The summed E-state index contributed by atoms with van der Waals surface area (Å²) >= 11 is 0. The van der Waals surface area contributed by atoms with E-state index in [0.717, 1.165) is 40.5 Å². The Morgan fingerprint density at radius 3 is 2.32 bits per heavy atom. The number of carbonyl (C=O) groups is 1. The molecule has 1 N–H and O–H groups in total. The summed E-state index contributed by atoms with van der Waals surface area (Å²) in [6, 6.07) is 14.1. The lowest BCUT2D eigenvalue weighted by Crippen LogP contribution is -2.30. The fourth-order valence-electron chi connectivity index (χ4n) is 3.31. The lowest BCUT2D eigenvalue weighted by molar-refractivity contribution is 0.0981. The van der Waals surface area contributed by atoms with Crippen molar-refractivity contribution in [3.63, 3.8) is 0 Å². The van der Waals surface area contributed by atoms with E-state index in [4.69, 9.17) is 0 Å². The number of carbonyl (C=O) groups excluding carboxylic acids is 1. The molecule has 1 aliphatic rings. The molecule has 0 bridgehead atoms. The van der Waals surface area contributed by atoms with Gasteiger partial charge >= 0.3 is 0 Å². The van der Waals surface area contributed by atoms with E-state index in [0.29, 0.717) is 12.2 Å². The van der Waals surface area contributed by atoms with Gasteiger partial charge in [-0.15, -0.1) is 0 Å². The van der Waals surface area contributed by atoms with Gasteiger partial charge < -0.3 is 9.88 Å². The Hall–Kier alpha value is -3.08. The Morgan fingerprint density at radius 1 is 1.06 bits per heavy atom. The Balaban J connectivity index is 0.000000513. The predicted molar refractivity (Wildman–Crippen MR) is 132 cm³/mol. The van der Waals surface area contributed by atoms with E-state index < -0.39 is 0 Å². The average Bonchev–Trinajstić information content (AvgIpc) is 3.38. The first-order chi connectivity index (χ1) is 14.9. The van der Waals surface area contributed by atoms with E-state index in [-0.39, 0.29) is 5.91 Å². The van der Waals surface area contributed by atoms with Gasteiger partial charge in [0.2, 0.25) is 0 Å². The molecule has 31 heavy (non-hydrogen) atoms. The number of fused-ring (bicyclic) bond motifs is 1. The molecular weight excluding hydrogens is 384 g/mol. The van der Waals surface area contributed by atoms with Crippen molar-refractivity contribution < 1.29 is 4.79 Å². The Labute approximate surface area is 187 Å². The van der Waals surface area contributed by atoms with Gasteiger partial charge in [-0.1, -0.05) is 52.8 Å². The van der Waals surface area contributed by atoms with Crippen LogP contribution in [0.25, 0.3) is 11.1 Å². The van der Waals surface area contributed by atoms with Crippen molar-refractivity contribution in [1.29, 1.82) is 0 Å². The minimum absolute atomic E-state index is 0.00181. The summed E-state index contributed by atoms with van der Waals surface area (Å²) in [5.41, 5.74) is 5.00. The summed E-state index contributed by atoms with van der Waals surface area (Å²) in [6.07, 6.45) is 4.60. The first-order valence-corrected chi connectivity index (χ1v) is 11.1. The first kappa shape index (κ1) is 24.2. The second-order valence-corrected chi connectivity index (χ2v) is 7.98. The van der Waals surface area contributed by atoms with Gasteiger partial charge in [0, 0.05) is 44.3 Å². The Morgan fingerprint density at radius 2 is 1.71 bits per heavy atom. The zero-order chi connectivity index (χ0) is 23.0. The van der Waals surface area contributed by atoms with Gasteiger partial charge in [0.05, 0.1) is 0 Å². The van der Waals surface area contributed by atoms with Crippen molar-refractivity contribution in [2.24, 2.45) is 13.0 Å². The first-order valence-electron chi connectivity index (χ1n) is 11.1. The highest BCUT2D eigenvalue weighted by Gasteiger charge is 2.28. The van der Waals surface area contributed by atoms with Crippen molar-refractivity contribution in [2.45, 2.75) is 41.0 Å². The van der Waals surface area contributed by atoms with Gasteiger partial charge in [-0.3, -0.25) is 9.69 Å². The molecule has 4 rings (SSSR count). The highest BCUT2D eigenvalue weighted by Crippen LogP contribution is 2.29. The normalized spacial score (nSPS) is 11.8. The molecule has 3 aromatic rings. The Bertz CT molecular complexity index is 971. The zero-order valence-corrected chi connectivity index (χ0v) is 19.9. The molecule has 0 unspecified atom stereocenters. The maximum atomic E-state index is 13.0. The topological polar surface area (TPSA) is 50.2 Å². The molecule has 166 valence electrons. The van der Waals surface area contributed by atoms with Crippen molar-refractivity contribution >= 4 is 17.4 Å². The van der Waals surface area contributed by atoms with Gasteiger partial charge in [-0.25, -0.2) is 4.98 Å². The number of nitrogens with one attached hydrogen (secondary N) is 1. The van der Waals surface area contributed by atoms with Crippen molar-refractivity contribution in [3.8, 4) is 11.1 Å². The molecule has 1 amide bonds. The van der Waals surface area contributed by atoms with Crippen LogP contribution in [0, 0.1) is 5.92 Å². The lowest BCUT2D eigenvalue weighted by Gasteiger charge is -2.16. The SMILES string of the molecule is CC.CC(C)C.CNc1ccc(-c2cc(C(=O)N3CCc4cccnc43)n(C)c2)cc1. The number of pyridine rings is 1. The molecule has 1 aromatic carbocycles. The van der Waals surface area contributed by atoms with E-state index in [1.165, 1.54) is 0 Å². The number of nitrogens with zero attached hydrogens (tertiary/aromatic N) is 3. The van der Waals surface area contributed by atoms with Crippen molar-refractivity contribution in [3.05, 3.63) is 66.1 Å². The summed E-state index contributed by atoms with van der Waals surface area (Å²) in [6.45, 7) is 11.2. The van der Waals surface area contributed by atoms with Crippen molar-refractivity contribution in [2.75, 3.05) is 23.8 Å². The molecule has 0 radical (unpaired) electrons. The predicted octanol–water partition coefficient (Wildman–Crippen LogP) is 6.02. The molecule has 0 saturated carbocycles. The summed E-state index contributed by atoms with van der Waals surface area (Å²) in [5, 5.41) is 3.11. The van der Waals surface area contributed by atoms with E-state index in [2.05, 4.69) is 43.2 Å². The lowest BCUT2D eigenvalue weighted by atomic mass is 10.1. The third-order valence-electron chi connectivity index (χ3n) is 4.70. The maximum Gasteiger partial charge on any atom is 0.276 e. The largest absolute Gasteiger partial charge is 0.388 e. The van der Waals surface area contributed by atoms with Gasteiger partial charge in [-0.05, 0) is 47.7 Å². The molecule has 2 aromatic heterocycles. The second kappa shape index (κ2) is 11.3. The number of rotatable bonds is 3. The number of amides is 1. The van der Waals surface area contributed by atoms with Gasteiger partial charge in [0.25, 0.3) is 5.91 Å². The number of aromatic nitrogens is 2. The molecule has 5 heteroatoms. The third-order valence-corrected chi connectivity index (χ3v) is 4.70. The van der Waals surface area contributed by atoms with Crippen LogP contribution in [0.4, 0.5) is 11.5 Å².